The minimum Gasteiger partial charge on any atom is -0.497 e. The molecule has 1 fully saturated rings. The molecule has 2 heterocycles. The van der Waals surface area contributed by atoms with Gasteiger partial charge in [0.15, 0.2) is 6.61 Å². The highest BCUT2D eigenvalue weighted by Gasteiger charge is 2.22. The van der Waals surface area contributed by atoms with E-state index in [0.717, 1.165) is 30.2 Å². The minimum atomic E-state index is -0.0230. The fourth-order valence-electron chi connectivity index (χ4n) is 3.40. The number of rotatable bonds is 6. The number of nitrogens with zero attached hydrogens (tertiary/aromatic N) is 4. The van der Waals surface area contributed by atoms with E-state index in [0.29, 0.717) is 24.6 Å². The fourth-order valence-corrected chi connectivity index (χ4v) is 3.40. The Kier molecular flexibility index (Phi) is 6.08. The first-order valence-corrected chi connectivity index (χ1v) is 9.90. The minimum absolute atomic E-state index is 0.0127. The van der Waals surface area contributed by atoms with Crippen molar-refractivity contribution in [1.82, 2.24) is 14.9 Å². The van der Waals surface area contributed by atoms with Gasteiger partial charge in [-0.3, -0.25) is 4.79 Å². The van der Waals surface area contributed by atoms with E-state index in [1.54, 1.807) is 19.5 Å². The summed E-state index contributed by atoms with van der Waals surface area (Å²) in [5.41, 5.74) is 1.95. The van der Waals surface area contributed by atoms with Crippen molar-refractivity contribution in [1.29, 1.82) is 0 Å². The number of piperazine rings is 1. The summed E-state index contributed by atoms with van der Waals surface area (Å²) in [5.74, 6) is 2.18. The second-order valence-corrected chi connectivity index (χ2v) is 6.96. The van der Waals surface area contributed by atoms with Crippen LogP contribution in [-0.4, -0.2) is 60.7 Å². The number of amides is 1. The summed E-state index contributed by atoms with van der Waals surface area (Å²) in [7, 11) is 1.60. The lowest BCUT2D eigenvalue weighted by molar-refractivity contribution is -0.133. The molecule has 4 rings (SSSR count). The van der Waals surface area contributed by atoms with Crippen LogP contribution in [0.4, 0.5) is 5.82 Å². The molecule has 1 saturated heterocycles. The monoisotopic (exact) mass is 404 g/mol. The summed E-state index contributed by atoms with van der Waals surface area (Å²) in [6.45, 7) is 2.71. The summed E-state index contributed by atoms with van der Waals surface area (Å²) in [5, 5.41) is 0. The maximum Gasteiger partial charge on any atom is 0.260 e. The van der Waals surface area contributed by atoms with E-state index in [1.165, 1.54) is 0 Å². The molecule has 2 aromatic carbocycles. The SMILES string of the molecule is COc1cccc(OCC(=O)N2CCN(c3cc(-c4ccccc4)ncn3)CC2)c1. The average Bonchev–Trinajstić information content (AvgIpc) is 2.83. The van der Waals surface area contributed by atoms with Gasteiger partial charge in [0.25, 0.3) is 5.91 Å². The highest BCUT2D eigenvalue weighted by molar-refractivity contribution is 5.78. The number of anilines is 1. The van der Waals surface area contributed by atoms with Crippen LogP contribution < -0.4 is 14.4 Å². The molecule has 7 heteroatoms. The molecule has 30 heavy (non-hydrogen) atoms. The van der Waals surface area contributed by atoms with E-state index in [1.807, 2.05) is 59.5 Å². The van der Waals surface area contributed by atoms with E-state index < -0.39 is 0 Å². The van der Waals surface area contributed by atoms with Crippen molar-refractivity contribution in [2.75, 3.05) is 44.8 Å². The van der Waals surface area contributed by atoms with Gasteiger partial charge in [0.2, 0.25) is 0 Å². The lowest BCUT2D eigenvalue weighted by atomic mass is 10.1. The van der Waals surface area contributed by atoms with Gasteiger partial charge in [0.05, 0.1) is 12.8 Å². The number of carbonyl (C=O) groups is 1. The molecule has 1 aliphatic heterocycles. The number of ether oxygens (including phenoxy) is 2. The normalized spacial score (nSPS) is 13.8. The third-order valence-corrected chi connectivity index (χ3v) is 5.08. The maximum absolute atomic E-state index is 12.5. The summed E-state index contributed by atoms with van der Waals surface area (Å²) < 4.78 is 10.8. The van der Waals surface area contributed by atoms with E-state index >= 15 is 0 Å². The molecule has 1 aromatic heterocycles. The third-order valence-electron chi connectivity index (χ3n) is 5.08. The van der Waals surface area contributed by atoms with Crippen molar-refractivity contribution in [3.05, 3.63) is 67.0 Å². The zero-order chi connectivity index (χ0) is 20.8. The molecule has 0 N–H and O–H groups in total. The number of methoxy groups -OCH3 is 1. The molecule has 3 aromatic rings. The van der Waals surface area contributed by atoms with Crippen LogP contribution in [0.1, 0.15) is 0 Å². The second-order valence-electron chi connectivity index (χ2n) is 6.96. The van der Waals surface area contributed by atoms with Crippen molar-refractivity contribution < 1.29 is 14.3 Å². The van der Waals surface area contributed by atoms with Gasteiger partial charge < -0.3 is 19.3 Å². The highest BCUT2D eigenvalue weighted by atomic mass is 16.5. The molecule has 1 aliphatic rings. The van der Waals surface area contributed by atoms with Gasteiger partial charge >= 0.3 is 0 Å². The molecule has 0 aliphatic carbocycles. The molecule has 0 radical (unpaired) electrons. The Morgan fingerprint density at radius 2 is 1.70 bits per heavy atom. The standard InChI is InChI=1S/C23H24N4O3/c1-29-19-8-5-9-20(14-19)30-16-23(28)27-12-10-26(11-13-27)22-15-21(24-17-25-22)18-6-3-2-4-7-18/h2-9,14-15,17H,10-13,16H2,1H3. The van der Waals surface area contributed by atoms with Gasteiger partial charge in [-0.05, 0) is 12.1 Å². The lowest BCUT2D eigenvalue weighted by Gasteiger charge is -2.35. The van der Waals surface area contributed by atoms with E-state index in [2.05, 4.69) is 14.9 Å². The smallest absolute Gasteiger partial charge is 0.260 e. The number of hydrogen-bond donors (Lipinski definition) is 0. The lowest BCUT2D eigenvalue weighted by Crippen LogP contribution is -2.50. The van der Waals surface area contributed by atoms with Crippen molar-refractivity contribution in [2.45, 2.75) is 0 Å². The molecule has 0 atom stereocenters. The number of carbonyl (C=O) groups excluding carboxylic acids is 1. The molecular weight excluding hydrogens is 380 g/mol. The Morgan fingerprint density at radius 3 is 2.47 bits per heavy atom. The van der Waals surface area contributed by atoms with Crippen LogP contribution in [0, 0.1) is 0 Å². The van der Waals surface area contributed by atoms with Gasteiger partial charge in [0, 0.05) is 43.9 Å². The quantitative estimate of drug-likeness (QED) is 0.629. The zero-order valence-electron chi connectivity index (χ0n) is 16.9. The zero-order valence-corrected chi connectivity index (χ0v) is 16.9. The van der Waals surface area contributed by atoms with Crippen LogP contribution in [0.2, 0.25) is 0 Å². The Bertz CT molecular complexity index is 989. The first kappa shape index (κ1) is 19.7. The van der Waals surface area contributed by atoms with Crippen LogP contribution in [-0.2, 0) is 4.79 Å². The molecule has 0 unspecified atom stereocenters. The van der Waals surface area contributed by atoms with Crippen LogP contribution >= 0.6 is 0 Å². The third kappa shape index (κ3) is 4.68. The second kappa shape index (κ2) is 9.26. The molecule has 0 spiro atoms. The summed E-state index contributed by atoms with van der Waals surface area (Å²) in [6.07, 6.45) is 1.59. The molecule has 7 nitrogen and oxygen atoms in total. The predicted molar refractivity (Wildman–Crippen MR) is 115 cm³/mol. The fraction of sp³-hybridized carbons (Fsp3) is 0.261. The van der Waals surface area contributed by atoms with Gasteiger partial charge in [-0.1, -0.05) is 36.4 Å². The molecule has 1 amide bonds. The first-order chi connectivity index (χ1) is 14.7. The number of hydrogen-bond acceptors (Lipinski definition) is 6. The molecule has 0 saturated carbocycles. The predicted octanol–water partition coefficient (Wildman–Crippen LogP) is 2.88. The topological polar surface area (TPSA) is 67.8 Å². The summed E-state index contributed by atoms with van der Waals surface area (Å²) in [6, 6.07) is 19.3. The van der Waals surface area contributed by atoms with E-state index in [9.17, 15) is 4.79 Å². The first-order valence-electron chi connectivity index (χ1n) is 9.90. The van der Waals surface area contributed by atoms with E-state index in [4.69, 9.17) is 9.47 Å². The Balaban J connectivity index is 1.32. The van der Waals surface area contributed by atoms with Gasteiger partial charge in [-0.15, -0.1) is 0 Å². The van der Waals surface area contributed by atoms with Crippen LogP contribution in [0.15, 0.2) is 67.0 Å². The van der Waals surface area contributed by atoms with Gasteiger partial charge in [-0.2, -0.15) is 0 Å². The largest absolute Gasteiger partial charge is 0.497 e. The molecule has 154 valence electrons. The van der Waals surface area contributed by atoms with Crippen LogP contribution in [0.25, 0.3) is 11.3 Å². The summed E-state index contributed by atoms with van der Waals surface area (Å²) in [4.78, 5) is 25.4. The van der Waals surface area contributed by atoms with Crippen molar-refractivity contribution in [2.24, 2.45) is 0 Å². The van der Waals surface area contributed by atoms with Crippen LogP contribution in [0.5, 0.6) is 11.5 Å². The van der Waals surface area contributed by atoms with E-state index in [-0.39, 0.29) is 12.5 Å². The Hall–Kier alpha value is -3.61. The maximum atomic E-state index is 12.5. The van der Waals surface area contributed by atoms with Crippen LogP contribution in [0.3, 0.4) is 0 Å². The number of aromatic nitrogens is 2. The number of benzene rings is 2. The highest BCUT2D eigenvalue weighted by Crippen LogP contribution is 2.22. The Labute approximate surface area is 175 Å². The summed E-state index contributed by atoms with van der Waals surface area (Å²) >= 11 is 0. The molecular formula is C23H24N4O3. The Morgan fingerprint density at radius 1 is 0.933 bits per heavy atom. The average molecular weight is 404 g/mol. The van der Waals surface area contributed by atoms with Crippen molar-refractivity contribution in [3.63, 3.8) is 0 Å². The van der Waals surface area contributed by atoms with Crippen molar-refractivity contribution >= 4 is 11.7 Å². The molecule has 0 bridgehead atoms. The van der Waals surface area contributed by atoms with Gasteiger partial charge in [0.1, 0.15) is 23.6 Å². The van der Waals surface area contributed by atoms with Crippen molar-refractivity contribution in [3.8, 4) is 22.8 Å². The van der Waals surface area contributed by atoms with Gasteiger partial charge in [-0.25, -0.2) is 9.97 Å².